The molecule has 3 nitrogen and oxygen atoms in total. The van der Waals surface area contributed by atoms with Crippen LogP contribution in [0.2, 0.25) is 5.15 Å². The van der Waals surface area contributed by atoms with Crippen molar-refractivity contribution in [2.24, 2.45) is 0 Å². The molecule has 1 aliphatic rings. The zero-order chi connectivity index (χ0) is 13.1. The fraction of sp³-hybridized carbons (Fsp3) is 0.636. The Labute approximate surface area is 134 Å². The van der Waals surface area contributed by atoms with Gasteiger partial charge in [-0.1, -0.05) is 18.5 Å². The molecule has 0 aliphatic carbocycles. The van der Waals surface area contributed by atoms with E-state index in [0.29, 0.717) is 22.3 Å². The number of aromatic nitrogens is 2. The maximum absolute atomic E-state index is 6.19. The largest absolute Gasteiger partial charge is 0.378 e. The van der Waals surface area contributed by atoms with E-state index in [1.165, 1.54) is 5.75 Å². The van der Waals surface area contributed by atoms with E-state index in [0.717, 1.165) is 20.8 Å². The number of hydrogen-bond acceptors (Lipinski definition) is 5. The van der Waals surface area contributed by atoms with E-state index in [1.54, 1.807) is 7.11 Å². The molecule has 0 amide bonds. The molecule has 2 rings (SSSR count). The quantitative estimate of drug-likeness (QED) is 0.553. The summed E-state index contributed by atoms with van der Waals surface area (Å²) in [6.45, 7) is 2.71. The van der Waals surface area contributed by atoms with Gasteiger partial charge in [-0.2, -0.15) is 11.8 Å². The number of methoxy groups -OCH3 is 1. The van der Waals surface area contributed by atoms with Crippen LogP contribution in [0.15, 0.2) is 0 Å². The molecular formula is C11H14ClIN2OS2. The second kappa shape index (κ2) is 6.97. The van der Waals surface area contributed by atoms with Gasteiger partial charge < -0.3 is 4.74 Å². The standard InChI is InChI=1S/C11H14ClIN2OS2/c1-6-9(18-4-3-17-6)11-14-7(5-16-2)8(13)10(12)15-11/h6,9H,3-5H2,1-2H3. The summed E-state index contributed by atoms with van der Waals surface area (Å²) in [5, 5.41) is 1.39. The van der Waals surface area contributed by atoms with Crippen LogP contribution < -0.4 is 0 Å². The molecule has 18 heavy (non-hydrogen) atoms. The Morgan fingerprint density at radius 2 is 2.11 bits per heavy atom. The average Bonchev–Trinajstić information content (AvgIpc) is 2.35. The highest BCUT2D eigenvalue weighted by Gasteiger charge is 2.27. The Hall–Kier alpha value is 0.760. The lowest BCUT2D eigenvalue weighted by Crippen LogP contribution is -2.19. The van der Waals surface area contributed by atoms with Crippen LogP contribution >= 0.6 is 57.7 Å². The summed E-state index contributed by atoms with van der Waals surface area (Å²) in [6.07, 6.45) is 0. The molecule has 100 valence electrons. The van der Waals surface area contributed by atoms with Gasteiger partial charge in [-0.05, 0) is 22.6 Å². The van der Waals surface area contributed by atoms with E-state index < -0.39 is 0 Å². The van der Waals surface area contributed by atoms with Crippen molar-refractivity contribution < 1.29 is 4.74 Å². The number of thioether (sulfide) groups is 2. The highest BCUT2D eigenvalue weighted by Crippen LogP contribution is 2.41. The minimum absolute atomic E-state index is 0.328. The van der Waals surface area contributed by atoms with Gasteiger partial charge in [0.1, 0.15) is 11.0 Å². The average molecular weight is 417 g/mol. The van der Waals surface area contributed by atoms with Crippen molar-refractivity contribution in [3.63, 3.8) is 0 Å². The Kier molecular flexibility index (Phi) is 5.87. The summed E-state index contributed by atoms with van der Waals surface area (Å²) in [7, 11) is 1.67. The molecule has 0 saturated carbocycles. The fourth-order valence-corrected chi connectivity index (χ4v) is 5.04. The molecule has 1 aliphatic heterocycles. The second-order valence-corrected chi connectivity index (χ2v) is 8.10. The van der Waals surface area contributed by atoms with Crippen molar-refractivity contribution in [2.75, 3.05) is 18.6 Å². The minimum atomic E-state index is 0.328. The van der Waals surface area contributed by atoms with E-state index in [1.807, 2.05) is 23.5 Å². The summed E-state index contributed by atoms with van der Waals surface area (Å²) in [4.78, 5) is 9.08. The summed E-state index contributed by atoms with van der Waals surface area (Å²) in [5.41, 5.74) is 0.886. The number of rotatable bonds is 3. The third-order valence-electron chi connectivity index (χ3n) is 2.62. The summed E-state index contributed by atoms with van der Waals surface area (Å²) in [6, 6.07) is 0. The highest BCUT2D eigenvalue weighted by molar-refractivity contribution is 14.1. The third-order valence-corrected chi connectivity index (χ3v) is 7.43. The molecule has 0 N–H and O–H groups in total. The van der Waals surface area contributed by atoms with E-state index in [9.17, 15) is 0 Å². The number of halogens is 2. The lowest BCUT2D eigenvalue weighted by atomic mass is 10.3. The summed E-state index contributed by atoms with van der Waals surface area (Å²) in [5.74, 6) is 3.19. The molecule has 0 radical (unpaired) electrons. The van der Waals surface area contributed by atoms with E-state index in [-0.39, 0.29) is 0 Å². The van der Waals surface area contributed by atoms with Gasteiger partial charge in [0.15, 0.2) is 0 Å². The molecular weight excluding hydrogens is 403 g/mol. The second-order valence-electron chi connectivity index (χ2n) is 3.93. The lowest BCUT2D eigenvalue weighted by molar-refractivity contribution is 0.180. The number of ether oxygens (including phenoxy) is 1. The SMILES string of the molecule is COCc1nc(C2SCCSC2C)nc(Cl)c1I. The van der Waals surface area contributed by atoms with Crippen molar-refractivity contribution in [3.8, 4) is 0 Å². The summed E-state index contributed by atoms with van der Waals surface area (Å²) >= 11 is 12.3. The van der Waals surface area contributed by atoms with Crippen LogP contribution in [0.5, 0.6) is 0 Å². The van der Waals surface area contributed by atoms with Crippen LogP contribution in [0, 0.1) is 3.57 Å². The van der Waals surface area contributed by atoms with Crippen LogP contribution in [0.4, 0.5) is 0 Å². The minimum Gasteiger partial charge on any atom is -0.378 e. The van der Waals surface area contributed by atoms with Gasteiger partial charge in [0.2, 0.25) is 0 Å². The van der Waals surface area contributed by atoms with Crippen molar-refractivity contribution >= 4 is 57.7 Å². The first-order chi connectivity index (χ1) is 8.63. The molecule has 7 heteroatoms. The van der Waals surface area contributed by atoms with Crippen LogP contribution in [-0.2, 0) is 11.3 Å². The predicted molar refractivity (Wildman–Crippen MR) is 87.6 cm³/mol. The molecule has 2 atom stereocenters. The van der Waals surface area contributed by atoms with Crippen LogP contribution in [0.1, 0.15) is 23.7 Å². The van der Waals surface area contributed by atoms with Gasteiger partial charge in [0, 0.05) is 23.9 Å². The Bertz CT molecular complexity index is 436. The molecule has 2 unspecified atom stereocenters. The Morgan fingerprint density at radius 3 is 2.78 bits per heavy atom. The van der Waals surface area contributed by atoms with E-state index >= 15 is 0 Å². The van der Waals surface area contributed by atoms with Crippen LogP contribution in [0.25, 0.3) is 0 Å². The van der Waals surface area contributed by atoms with Gasteiger partial charge in [0.05, 0.1) is 21.1 Å². The third kappa shape index (κ3) is 3.45. The van der Waals surface area contributed by atoms with Crippen LogP contribution in [-0.4, -0.2) is 33.8 Å². The zero-order valence-electron chi connectivity index (χ0n) is 10.2. The molecule has 0 aromatic carbocycles. The highest BCUT2D eigenvalue weighted by atomic mass is 127. The summed E-state index contributed by atoms with van der Waals surface area (Å²) < 4.78 is 6.06. The Morgan fingerprint density at radius 1 is 1.39 bits per heavy atom. The molecule has 2 heterocycles. The zero-order valence-corrected chi connectivity index (χ0v) is 14.7. The van der Waals surface area contributed by atoms with Crippen molar-refractivity contribution in [2.45, 2.75) is 24.0 Å². The maximum atomic E-state index is 6.19. The molecule has 1 saturated heterocycles. The van der Waals surface area contributed by atoms with Crippen molar-refractivity contribution in [3.05, 3.63) is 20.2 Å². The monoisotopic (exact) mass is 416 g/mol. The van der Waals surface area contributed by atoms with Gasteiger partial charge >= 0.3 is 0 Å². The van der Waals surface area contributed by atoms with Gasteiger partial charge in [-0.15, -0.1) is 11.8 Å². The first kappa shape index (κ1) is 15.2. The predicted octanol–water partition coefficient (Wildman–Crippen LogP) is 3.79. The van der Waals surface area contributed by atoms with Gasteiger partial charge in [0.25, 0.3) is 0 Å². The molecule has 1 fully saturated rings. The Balaban J connectivity index is 2.32. The molecule has 1 aromatic rings. The topological polar surface area (TPSA) is 35.0 Å². The number of hydrogen-bond donors (Lipinski definition) is 0. The van der Waals surface area contributed by atoms with E-state index in [2.05, 4.69) is 39.5 Å². The smallest absolute Gasteiger partial charge is 0.146 e. The maximum Gasteiger partial charge on any atom is 0.146 e. The lowest BCUT2D eigenvalue weighted by Gasteiger charge is -2.27. The van der Waals surface area contributed by atoms with Gasteiger partial charge in [-0.3, -0.25) is 0 Å². The molecule has 0 spiro atoms. The van der Waals surface area contributed by atoms with E-state index in [4.69, 9.17) is 16.3 Å². The van der Waals surface area contributed by atoms with Crippen LogP contribution in [0.3, 0.4) is 0 Å². The molecule has 0 bridgehead atoms. The van der Waals surface area contributed by atoms with Crippen molar-refractivity contribution in [1.82, 2.24) is 9.97 Å². The first-order valence-electron chi connectivity index (χ1n) is 5.57. The normalized spacial score (nSPS) is 24.2. The number of nitrogens with zero attached hydrogens (tertiary/aromatic N) is 2. The fourth-order valence-electron chi connectivity index (χ4n) is 1.76. The van der Waals surface area contributed by atoms with Gasteiger partial charge in [-0.25, -0.2) is 9.97 Å². The molecule has 1 aromatic heterocycles. The van der Waals surface area contributed by atoms with Crippen molar-refractivity contribution in [1.29, 1.82) is 0 Å². The first-order valence-corrected chi connectivity index (χ1v) is 9.13.